The number of aromatic hydroxyl groups is 2. The number of ketones is 2. The van der Waals surface area contributed by atoms with E-state index in [1.165, 1.54) is 39.3 Å². The summed E-state index contributed by atoms with van der Waals surface area (Å²) in [5.41, 5.74) is 2.11. The first-order chi connectivity index (χ1) is 25.3. The number of benzene rings is 2. The second kappa shape index (κ2) is 14.2. The van der Waals surface area contributed by atoms with E-state index in [9.17, 15) is 34.5 Å². The molecule has 0 bridgehead atoms. The number of carbonyl (C=O) groups is 4. The van der Waals surface area contributed by atoms with E-state index in [4.69, 9.17) is 34.2 Å². The van der Waals surface area contributed by atoms with Crippen molar-refractivity contribution >= 4 is 23.4 Å². The maximum absolute atomic E-state index is 14.1. The molecule has 0 spiro atoms. The number of nitrogens with zero attached hydrogens (tertiary/aromatic N) is 1. The molecule has 2 aromatic rings. The normalized spacial score (nSPS) is 31.0. The summed E-state index contributed by atoms with van der Waals surface area (Å²) in [6.45, 7) is 4.25. The minimum absolute atomic E-state index is 0.0165. The van der Waals surface area contributed by atoms with E-state index in [-0.39, 0.29) is 59.7 Å². The highest BCUT2D eigenvalue weighted by Gasteiger charge is 2.55. The lowest BCUT2D eigenvalue weighted by Crippen LogP contribution is -2.55. The number of nitrogens with two attached hydrogens (primary N) is 1. The van der Waals surface area contributed by atoms with Gasteiger partial charge in [-0.1, -0.05) is 12.1 Å². The van der Waals surface area contributed by atoms with Crippen LogP contribution in [-0.2, 0) is 39.7 Å². The smallest absolute Gasteiger partial charge is 0.252 e. The van der Waals surface area contributed by atoms with Crippen LogP contribution in [0.3, 0.4) is 0 Å². The number of methoxy groups -OCH3 is 2. The van der Waals surface area contributed by atoms with Crippen molar-refractivity contribution in [3.05, 3.63) is 51.6 Å². The van der Waals surface area contributed by atoms with Crippen molar-refractivity contribution in [1.29, 1.82) is 0 Å². The minimum atomic E-state index is -2.25. The van der Waals surface area contributed by atoms with E-state index >= 15 is 0 Å². The third kappa shape index (κ3) is 6.24. The number of phenols is 2. The molecule has 0 unspecified atom stereocenters. The van der Waals surface area contributed by atoms with Gasteiger partial charge in [-0.3, -0.25) is 24.1 Å². The number of ether oxygens (including phenoxy) is 6. The summed E-state index contributed by atoms with van der Waals surface area (Å²) in [7, 11) is 2.88. The quantitative estimate of drug-likeness (QED) is 0.122. The Balaban J connectivity index is 1.25. The third-order valence-electron chi connectivity index (χ3n) is 10.7. The van der Waals surface area contributed by atoms with Crippen LogP contribution in [0.5, 0.6) is 17.2 Å². The topological polar surface area (TPSA) is 238 Å². The zero-order valence-electron chi connectivity index (χ0n) is 29.7. The van der Waals surface area contributed by atoms with Crippen molar-refractivity contribution < 1.29 is 62.9 Å². The molecule has 3 fully saturated rings. The number of carbonyl (C=O) groups excluding carboxylic acids is 4. The Kier molecular flexibility index (Phi) is 9.96. The number of amides is 2. The van der Waals surface area contributed by atoms with Gasteiger partial charge in [0.1, 0.15) is 29.0 Å². The number of morpholine rings is 1. The van der Waals surface area contributed by atoms with Gasteiger partial charge in [0.05, 0.1) is 48.7 Å². The van der Waals surface area contributed by atoms with Crippen LogP contribution in [0.2, 0.25) is 0 Å². The Bertz CT molecular complexity index is 1840. The molecule has 0 aromatic heterocycles. The van der Waals surface area contributed by atoms with Gasteiger partial charge in [0.2, 0.25) is 11.7 Å². The highest BCUT2D eigenvalue weighted by molar-refractivity contribution is 6.31. The summed E-state index contributed by atoms with van der Waals surface area (Å²) in [5, 5.41) is 40.9. The van der Waals surface area contributed by atoms with E-state index < -0.39 is 102 Å². The summed E-state index contributed by atoms with van der Waals surface area (Å²) in [5.74, 6) is -3.99. The van der Waals surface area contributed by atoms with Gasteiger partial charge in [-0.2, -0.15) is 0 Å². The zero-order chi connectivity index (χ0) is 37.9. The van der Waals surface area contributed by atoms with Gasteiger partial charge < -0.3 is 60.1 Å². The van der Waals surface area contributed by atoms with Crippen molar-refractivity contribution in [2.45, 2.75) is 87.9 Å². The predicted molar refractivity (Wildman–Crippen MR) is 181 cm³/mol. The molecular weight excluding hydrogens is 696 g/mol. The summed E-state index contributed by atoms with van der Waals surface area (Å²) in [6, 6.07) is 3.48. The average Bonchev–Trinajstić information content (AvgIpc) is 3.52. The van der Waals surface area contributed by atoms with E-state index in [0.717, 1.165) is 0 Å². The Morgan fingerprint density at radius 1 is 1.08 bits per heavy atom. The Morgan fingerprint density at radius 3 is 2.53 bits per heavy atom. The number of phenolic OH excluding ortho intramolecular Hbond substituents is 2. The minimum Gasteiger partial charge on any atom is -0.507 e. The molecule has 286 valence electrons. The molecule has 3 heterocycles. The van der Waals surface area contributed by atoms with E-state index in [2.05, 4.69) is 15.5 Å². The molecule has 2 aromatic carbocycles. The zero-order valence-corrected chi connectivity index (χ0v) is 29.7. The molecule has 0 saturated carbocycles. The van der Waals surface area contributed by atoms with Gasteiger partial charge in [0.15, 0.2) is 24.6 Å². The van der Waals surface area contributed by atoms with Gasteiger partial charge in [0.25, 0.3) is 5.91 Å². The maximum Gasteiger partial charge on any atom is 0.252 e. The van der Waals surface area contributed by atoms with Crippen molar-refractivity contribution in [1.82, 2.24) is 15.5 Å². The van der Waals surface area contributed by atoms with Gasteiger partial charge in [-0.05, 0) is 19.9 Å². The highest BCUT2D eigenvalue weighted by Crippen LogP contribution is 2.53. The number of aliphatic hydroxyl groups is 1. The standard InChI is InChI=1S/C36H44N4O13/c1-15(37)32(45)38-8-9-39-35(46)36(47)13-18-24(30(44)26-25(28(18)42)27(41)17-6-5-7-20(48-3)23(17)29(26)43)21(14-36)52-22-12-19-31(16(2)51-22)53-33-34(49-4)50-11-10-40(19)33/h5-7,15-16,19,21-22,31,33-34,42,44,47H,8-14,37H2,1-4H3,(H,38,45)(H,39,46)/t15-,16-,19-,21-,22-,31+,33+,34-,36-/m0/s1. The van der Waals surface area contributed by atoms with Crippen LogP contribution in [0.4, 0.5) is 0 Å². The van der Waals surface area contributed by atoms with E-state index in [0.29, 0.717) is 13.2 Å². The first kappa shape index (κ1) is 37.1. The molecule has 0 radical (unpaired) electrons. The number of rotatable bonds is 9. The molecule has 53 heavy (non-hydrogen) atoms. The van der Waals surface area contributed by atoms with Gasteiger partial charge in [-0.25, -0.2) is 0 Å². The molecule has 2 aliphatic carbocycles. The second-order valence-corrected chi connectivity index (χ2v) is 14.0. The fourth-order valence-electron chi connectivity index (χ4n) is 8.19. The molecule has 17 nitrogen and oxygen atoms in total. The van der Waals surface area contributed by atoms with Crippen LogP contribution in [0.25, 0.3) is 0 Å². The Labute approximate surface area is 304 Å². The molecule has 5 aliphatic rings. The van der Waals surface area contributed by atoms with Crippen LogP contribution in [0, 0.1) is 0 Å². The first-order valence-electron chi connectivity index (χ1n) is 17.6. The third-order valence-corrected chi connectivity index (χ3v) is 10.7. The summed E-state index contributed by atoms with van der Waals surface area (Å²) in [6.07, 6.45) is -4.94. The lowest BCUT2D eigenvalue weighted by molar-refractivity contribution is -0.256. The molecule has 2 amide bonds. The van der Waals surface area contributed by atoms with E-state index in [1.807, 2.05) is 6.92 Å². The number of fused-ring (bicyclic) bond motifs is 6. The van der Waals surface area contributed by atoms with Crippen molar-refractivity contribution in [3.8, 4) is 17.2 Å². The second-order valence-electron chi connectivity index (χ2n) is 14.0. The lowest BCUT2D eigenvalue weighted by atomic mass is 9.72. The number of hydrogen-bond acceptors (Lipinski definition) is 15. The summed E-state index contributed by atoms with van der Waals surface area (Å²) in [4.78, 5) is 55.7. The van der Waals surface area contributed by atoms with Crippen LogP contribution in [0.15, 0.2) is 18.2 Å². The molecule has 3 aliphatic heterocycles. The summed E-state index contributed by atoms with van der Waals surface area (Å²) >= 11 is 0. The fourth-order valence-corrected chi connectivity index (χ4v) is 8.19. The maximum atomic E-state index is 14.1. The van der Waals surface area contributed by atoms with Gasteiger partial charge in [-0.15, -0.1) is 0 Å². The predicted octanol–water partition coefficient (Wildman–Crippen LogP) is -0.270. The van der Waals surface area contributed by atoms with Crippen LogP contribution < -0.4 is 21.1 Å². The van der Waals surface area contributed by atoms with Crippen molar-refractivity contribution in [2.75, 3.05) is 40.5 Å². The fraction of sp³-hybridized carbons (Fsp3) is 0.556. The van der Waals surface area contributed by atoms with Gasteiger partial charge >= 0.3 is 0 Å². The van der Waals surface area contributed by atoms with Crippen LogP contribution in [-0.4, -0.2) is 133 Å². The van der Waals surface area contributed by atoms with Crippen LogP contribution in [0.1, 0.15) is 75.8 Å². The van der Waals surface area contributed by atoms with E-state index in [1.54, 1.807) is 0 Å². The molecule has 3 saturated heterocycles. The average molecular weight is 741 g/mol. The summed E-state index contributed by atoms with van der Waals surface area (Å²) < 4.78 is 35.7. The number of nitrogens with one attached hydrogen (secondary N) is 2. The first-order valence-corrected chi connectivity index (χ1v) is 17.6. The number of hydrogen-bond donors (Lipinski definition) is 6. The van der Waals surface area contributed by atoms with Crippen molar-refractivity contribution in [3.63, 3.8) is 0 Å². The van der Waals surface area contributed by atoms with Gasteiger partial charge in [0, 0.05) is 68.7 Å². The molecule has 7 rings (SSSR count). The molecule has 7 N–H and O–H groups in total. The lowest BCUT2D eigenvalue weighted by Gasteiger charge is -2.43. The van der Waals surface area contributed by atoms with Crippen molar-refractivity contribution in [2.24, 2.45) is 5.73 Å². The molecule has 9 atom stereocenters. The monoisotopic (exact) mass is 740 g/mol. The SMILES string of the molecule is COc1cccc2c1C(=O)c1c(O)c3c(c(O)c1C2=O)C[C@@](O)(C(=O)NCCNC(=O)[C@H](C)N)C[C@@H]3O[C@H]1C[C@H]2[C@H](O[C@@H]3[C@@H](OC)OCCN32)[C@H](C)O1. The largest absolute Gasteiger partial charge is 0.507 e. The van der Waals surface area contributed by atoms with Crippen LogP contribution >= 0.6 is 0 Å². The molecular formula is C36H44N4O13. The highest BCUT2D eigenvalue weighted by atomic mass is 16.7. The molecule has 17 heteroatoms. The Hall–Kier alpha value is -4.20. The Morgan fingerprint density at radius 2 is 1.81 bits per heavy atom.